The molecule has 0 aliphatic carbocycles. The molecule has 0 unspecified atom stereocenters. The van der Waals surface area contributed by atoms with Crippen molar-refractivity contribution in [3.8, 4) is 11.3 Å². The van der Waals surface area contributed by atoms with E-state index in [1.54, 1.807) is 6.20 Å². The molecule has 0 bridgehead atoms. The molecule has 8 nitrogen and oxygen atoms in total. The molecule has 136 valence electrons. The second-order valence-electron chi connectivity index (χ2n) is 7.27. The lowest BCUT2D eigenvalue weighted by Crippen LogP contribution is -2.59. The van der Waals surface area contributed by atoms with Crippen molar-refractivity contribution in [2.45, 2.75) is 25.1 Å². The van der Waals surface area contributed by atoms with Crippen molar-refractivity contribution in [1.82, 2.24) is 29.0 Å². The fraction of sp³-hybridized carbons (Fsp3) is 0.471. The molecular formula is C17H20ClN7O. The molecule has 3 aromatic rings. The number of anilines is 1. The molecule has 5 rings (SSSR count). The van der Waals surface area contributed by atoms with Gasteiger partial charge in [-0.05, 0) is 14.0 Å². The maximum atomic E-state index is 9.89. The van der Waals surface area contributed by atoms with Crippen LogP contribution in [0.2, 0.25) is 5.15 Å². The predicted octanol–water partition coefficient (Wildman–Crippen LogP) is 1.30. The van der Waals surface area contributed by atoms with Gasteiger partial charge in [0.1, 0.15) is 5.15 Å². The number of β-amino-alcohol motifs (C(OH)–C–C–N with tert-alkyl or cyclic N) is 1. The Morgan fingerprint density at radius 2 is 2.00 bits per heavy atom. The Hall–Kier alpha value is -2.16. The van der Waals surface area contributed by atoms with E-state index in [1.807, 2.05) is 34.6 Å². The number of aromatic nitrogens is 5. The average molecular weight is 374 g/mol. The Morgan fingerprint density at radius 3 is 2.69 bits per heavy atom. The fourth-order valence-corrected chi connectivity index (χ4v) is 3.83. The predicted molar refractivity (Wildman–Crippen MR) is 98.6 cm³/mol. The first-order valence-electron chi connectivity index (χ1n) is 8.72. The third-order valence-electron chi connectivity index (χ3n) is 5.45. The van der Waals surface area contributed by atoms with Crippen LogP contribution in [0.5, 0.6) is 0 Å². The van der Waals surface area contributed by atoms with E-state index in [9.17, 15) is 5.11 Å². The van der Waals surface area contributed by atoms with Crippen LogP contribution >= 0.6 is 11.6 Å². The SMILES string of the molecule is C[C@H]1[C@H](O)CN1c1nc(-c2cnn(C3CN(C)C3)c2)cn2c(Cl)cnc12. The molecule has 0 radical (unpaired) electrons. The van der Waals surface area contributed by atoms with Gasteiger partial charge in [0.2, 0.25) is 0 Å². The number of likely N-dealkylation sites (N-methyl/N-ethyl adjacent to an activating group) is 1. The van der Waals surface area contributed by atoms with Gasteiger partial charge in [-0.15, -0.1) is 0 Å². The second kappa shape index (κ2) is 5.67. The van der Waals surface area contributed by atoms with Crippen molar-refractivity contribution in [3.63, 3.8) is 0 Å². The van der Waals surface area contributed by atoms with Crippen molar-refractivity contribution in [1.29, 1.82) is 0 Å². The number of halogens is 1. The largest absolute Gasteiger partial charge is 0.389 e. The molecule has 2 aliphatic heterocycles. The van der Waals surface area contributed by atoms with Crippen molar-refractivity contribution in [2.24, 2.45) is 0 Å². The fourth-order valence-electron chi connectivity index (χ4n) is 3.65. The number of nitrogens with zero attached hydrogens (tertiary/aromatic N) is 7. The van der Waals surface area contributed by atoms with Crippen molar-refractivity contribution in [2.75, 3.05) is 31.6 Å². The molecule has 26 heavy (non-hydrogen) atoms. The maximum absolute atomic E-state index is 9.89. The first-order valence-corrected chi connectivity index (χ1v) is 9.10. The first kappa shape index (κ1) is 16.0. The molecule has 2 aliphatic rings. The highest BCUT2D eigenvalue weighted by Gasteiger charge is 2.36. The molecule has 2 atom stereocenters. The molecule has 0 saturated carbocycles. The van der Waals surface area contributed by atoms with Gasteiger partial charge in [-0.25, -0.2) is 9.97 Å². The quantitative estimate of drug-likeness (QED) is 0.746. The van der Waals surface area contributed by atoms with Crippen LogP contribution in [0.3, 0.4) is 0 Å². The van der Waals surface area contributed by atoms with Crippen LogP contribution in [-0.2, 0) is 0 Å². The molecule has 2 fully saturated rings. The minimum absolute atomic E-state index is 0.00487. The van der Waals surface area contributed by atoms with Crippen LogP contribution in [0, 0.1) is 0 Å². The third-order valence-corrected chi connectivity index (χ3v) is 5.73. The minimum atomic E-state index is -0.343. The average Bonchev–Trinajstić information content (AvgIpc) is 3.23. The van der Waals surface area contributed by atoms with E-state index < -0.39 is 0 Å². The summed E-state index contributed by atoms with van der Waals surface area (Å²) in [5, 5.41) is 14.9. The summed E-state index contributed by atoms with van der Waals surface area (Å²) in [5.74, 6) is 0.739. The Labute approximate surface area is 155 Å². The van der Waals surface area contributed by atoms with Crippen LogP contribution in [0.1, 0.15) is 13.0 Å². The summed E-state index contributed by atoms with van der Waals surface area (Å²) in [7, 11) is 2.10. The summed E-state index contributed by atoms with van der Waals surface area (Å²) in [6.07, 6.45) is 7.05. The lowest BCUT2D eigenvalue weighted by molar-refractivity contribution is 0.0989. The van der Waals surface area contributed by atoms with Gasteiger partial charge < -0.3 is 14.9 Å². The number of rotatable bonds is 3. The normalized spacial score (nSPS) is 24.1. The summed E-state index contributed by atoms with van der Waals surface area (Å²) >= 11 is 6.32. The number of likely N-dealkylation sites (tertiary alicyclic amines) is 1. The summed E-state index contributed by atoms with van der Waals surface area (Å²) in [6.45, 7) is 4.55. The van der Waals surface area contributed by atoms with E-state index in [4.69, 9.17) is 16.6 Å². The van der Waals surface area contributed by atoms with Gasteiger partial charge in [-0.1, -0.05) is 11.6 Å². The zero-order chi connectivity index (χ0) is 18.0. The lowest BCUT2D eigenvalue weighted by atomic mass is 10.0. The van der Waals surface area contributed by atoms with Gasteiger partial charge >= 0.3 is 0 Å². The number of hydrogen-bond donors (Lipinski definition) is 1. The zero-order valence-corrected chi connectivity index (χ0v) is 15.4. The highest BCUT2D eigenvalue weighted by Crippen LogP contribution is 2.32. The minimum Gasteiger partial charge on any atom is -0.389 e. The highest BCUT2D eigenvalue weighted by molar-refractivity contribution is 6.29. The van der Waals surface area contributed by atoms with Crippen LogP contribution in [0.25, 0.3) is 16.9 Å². The van der Waals surface area contributed by atoms with Crippen molar-refractivity contribution >= 4 is 23.1 Å². The Balaban J connectivity index is 1.57. The molecule has 9 heteroatoms. The van der Waals surface area contributed by atoms with Crippen LogP contribution in [0.4, 0.5) is 5.82 Å². The molecular weight excluding hydrogens is 354 g/mol. The number of hydrogen-bond acceptors (Lipinski definition) is 6. The van der Waals surface area contributed by atoms with Gasteiger partial charge in [0, 0.05) is 37.6 Å². The van der Waals surface area contributed by atoms with Gasteiger partial charge in [0.15, 0.2) is 11.5 Å². The lowest BCUT2D eigenvalue weighted by Gasteiger charge is -2.44. The smallest absolute Gasteiger partial charge is 0.181 e. The number of aliphatic hydroxyl groups excluding tert-OH is 1. The number of imidazole rings is 1. The third kappa shape index (κ3) is 2.33. The standard InChI is InChI=1S/C17H20ClN7O/c1-10-14(26)9-23(10)17-16-19-4-15(18)24(16)8-13(21-17)11-3-20-25(5-11)12-6-22(2)7-12/h3-5,8,10,12,14,26H,6-7,9H2,1-2H3/t10-,14+/m0/s1. The van der Waals surface area contributed by atoms with E-state index in [0.717, 1.165) is 30.2 Å². The van der Waals surface area contributed by atoms with E-state index >= 15 is 0 Å². The van der Waals surface area contributed by atoms with Crippen molar-refractivity contribution in [3.05, 3.63) is 29.9 Å². The summed E-state index contributed by atoms with van der Waals surface area (Å²) in [5.41, 5.74) is 2.44. The van der Waals surface area contributed by atoms with Crippen molar-refractivity contribution < 1.29 is 5.11 Å². The van der Waals surface area contributed by atoms with E-state index in [0.29, 0.717) is 23.4 Å². The summed E-state index contributed by atoms with van der Waals surface area (Å²) < 4.78 is 3.84. The molecule has 1 N–H and O–H groups in total. The Morgan fingerprint density at radius 1 is 1.19 bits per heavy atom. The Kier molecular flexibility index (Phi) is 3.50. The summed E-state index contributed by atoms with van der Waals surface area (Å²) in [6, 6.07) is 0.421. The monoisotopic (exact) mass is 373 g/mol. The zero-order valence-electron chi connectivity index (χ0n) is 14.6. The molecule has 2 saturated heterocycles. The topological polar surface area (TPSA) is 74.7 Å². The van der Waals surface area contributed by atoms with Crippen LogP contribution in [-0.4, -0.2) is 73.0 Å². The molecule has 0 aromatic carbocycles. The van der Waals surface area contributed by atoms with Gasteiger partial charge in [0.05, 0.1) is 36.3 Å². The summed E-state index contributed by atoms with van der Waals surface area (Å²) in [4.78, 5) is 13.5. The highest BCUT2D eigenvalue weighted by atomic mass is 35.5. The molecule has 5 heterocycles. The van der Waals surface area contributed by atoms with E-state index in [2.05, 4.69) is 26.9 Å². The first-order chi connectivity index (χ1) is 12.5. The number of aliphatic hydroxyl groups is 1. The molecule has 0 amide bonds. The van der Waals surface area contributed by atoms with E-state index in [-0.39, 0.29) is 12.1 Å². The van der Waals surface area contributed by atoms with Crippen LogP contribution < -0.4 is 4.90 Å². The van der Waals surface area contributed by atoms with E-state index in [1.165, 1.54) is 0 Å². The van der Waals surface area contributed by atoms with Gasteiger partial charge in [-0.2, -0.15) is 5.10 Å². The second-order valence-corrected chi connectivity index (χ2v) is 7.66. The van der Waals surface area contributed by atoms with Gasteiger partial charge in [0.25, 0.3) is 0 Å². The molecule has 3 aromatic heterocycles. The number of fused-ring (bicyclic) bond motifs is 1. The molecule has 0 spiro atoms. The van der Waals surface area contributed by atoms with Crippen LogP contribution in [0.15, 0.2) is 24.8 Å². The van der Waals surface area contributed by atoms with Gasteiger partial charge in [-0.3, -0.25) is 9.08 Å². The Bertz CT molecular complexity index is 977. The maximum Gasteiger partial charge on any atom is 0.181 e.